The van der Waals surface area contributed by atoms with Crippen LogP contribution in [0.15, 0.2) is 30.5 Å². The molecule has 0 bridgehead atoms. The average molecular weight is 576 g/mol. The molecule has 2 aromatic heterocycles. The minimum Gasteiger partial charge on any atom is -0.790 e. The topological polar surface area (TPSA) is 183 Å². The minimum atomic E-state index is -5.40. The number of anilines is 5. The first kappa shape index (κ1) is 29.0. The molecule has 1 amide bonds. The Hall–Kier alpha value is -4.04. The quantitative estimate of drug-likeness (QED) is 0.336. The van der Waals surface area contributed by atoms with E-state index in [1.165, 1.54) is 33.1 Å². The van der Waals surface area contributed by atoms with Gasteiger partial charge in [0.25, 0.3) is 5.91 Å². The number of ether oxygens (including phenoxy) is 3. The zero-order valence-electron chi connectivity index (χ0n) is 22.2. The van der Waals surface area contributed by atoms with E-state index in [0.29, 0.717) is 23.6 Å². The number of carbonyl (C=O) groups excluding carboxylic acids is 1. The van der Waals surface area contributed by atoms with Crippen molar-refractivity contribution in [2.75, 3.05) is 36.5 Å². The lowest BCUT2D eigenvalue weighted by Crippen LogP contribution is -2.53. The molecule has 0 unspecified atom stereocenters. The van der Waals surface area contributed by atoms with Crippen molar-refractivity contribution in [2.24, 2.45) is 0 Å². The predicted molar refractivity (Wildman–Crippen MR) is 137 cm³/mol. The number of halogens is 1. The van der Waals surface area contributed by atoms with Gasteiger partial charge in [0.05, 0.1) is 28.2 Å². The first-order valence-corrected chi connectivity index (χ1v) is 13.3. The van der Waals surface area contributed by atoms with Gasteiger partial charge < -0.3 is 43.7 Å². The van der Waals surface area contributed by atoms with Crippen molar-refractivity contribution in [3.63, 3.8) is 0 Å². The Morgan fingerprint density at radius 1 is 1.15 bits per heavy atom. The van der Waals surface area contributed by atoms with Crippen LogP contribution in [0.3, 0.4) is 0 Å². The smallest absolute Gasteiger partial charge is 0.273 e. The van der Waals surface area contributed by atoms with E-state index < -0.39 is 31.9 Å². The third kappa shape index (κ3) is 6.23. The molecular formula is C24H26FN6O8P-2. The predicted octanol–water partition coefficient (Wildman–Crippen LogP) is 2.38. The van der Waals surface area contributed by atoms with E-state index in [-0.39, 0.29) is 29.2 Å². The van der Waals surface area contributed by atoms with Crippen LogP contribution >= 0.6 is 7.82 Å². The van der Waals surface area contributed by atoms with E-state index >= 15 is 0 Å². The number of amides is 1. The molecule has 0 fully saturated rings. The molecule has 1 aliphatic rings. The van der Waals surface area contributed by atoms with Gasteiger partial charge >= 0.3 is 0 Å². The van der Waals surface area contributed by atoms with Gasteiger partial charge in [0.15, 0.2) is 40.3 Å². The Balaban J connectivity index is 1.62. The summed E-state index contributed by atoms with van der Waals surface area (Å²) in [7, 11) is -2.35. The van der Waals surface area contributed by atoms with Crippen LogP contribution in [-0.4, -0.2) is 47.4 Å². The van der Waals surface area contributed by atoms with Gasteiger partial charge in [0.2, 0.25) is 5.95 Å². The van der Waals surface area contributed by atoms with E-state index in [9.17, 15) is 23.5 Å². The highest BCUT2D eigenvalue weighted by molar-refractivity contribution is 7.43. The van der Waals surface area contributed by atoms with Crippen molar-refractivity contribution in [2.45, 2.75) is 32.8 Å². The number of methoxy groups -OCH3 is 2. The molecule has 0 atom stereocenters. The second-order valence-electron chi connectivity index (χ2n) is 8.93. The number of pyridine rings is 1. The fraction of sp³-hybridized carbons (Fsp3) is 0.333. The monoisotopic (exact) mass is 576 g/mol. The zero-order valence-corrected chi connectivity index (χ0v) is 23.1. The maximum absolute atomic E-state index is 14.7. The summed E-state index contributed by atoms with van der Waals surface area (Å²) in [5.74, 6) is -0.654. The van der Waals surface area contributed by atoms with Crippen LogP contribution < -0.4 is 39.5 Å². The van der Waals surface area contributed by atoms with Crippen molar-refractivity contribution >= 4 is 42.8 Å². The zero-order chi connectivity index (χ0) is 29.2. The normalized spacial score (nSPS) is 14.3. The van der Waals surface area contributed by atoms with E-state index in [1.807, 2.05) is 13.0 Å². The number of fused-ring (bicyclic) bond motifs is 1. The summed E-state index contributed by atoms with van der Waals surface area (Å²) >= 11 is 0. The molecule has 0 radical (unpaired) electrons. The van der Waals surface area contributed by atoms with Gasteiger partial charge in [0.1, 0.15) is 12.5 Å². The van der Waals surface area contributed by atoms with Crippen molar-refractivity contribution in [3.05, 3.63) is 41.8 Å². The summed E-state index contributed by atoms with van der Waals surface area (Å²) in [5.41, 5.74) is 0.0351. The van der Waals surface area contributed by atoms with Crippen molar-refractivity contribution in [1.82, 2.24) is 15.0 Å². The lowest BCUT2D eigenvalue weighted by molar-refractivity contribution is -0.341. The lowest BCUT2D eigenvalue weighted by Gasteiger charge is -2.39. The second-order valence-corrected chi connectivity index (χ2v) is 10.1. The first-order valence-electron chi connectivity index (χ1n) is 11.8. The molecule has 40 heavy (non-hydrogen) atoms. The van der Waals surface area contributed by atoms with Gasteiger partial charge in [-0.3, -0.25) is 9.69 Å². The molecule has 0 spiro atoms. The highest BCUT2D eigenvalue weighted by Gasteiger charge is 2.42. The molecule has 4 rings (SSSR count). The number of carbonyl (C=O) groups is 1. The summed E-state index contributed by atoms with van der Waals surface area (Å²) in [4.78, 5) is 48.2. The Morgan fingerprint density at radius 2 is 1.90 bits per heavy atom. The summed E-state index contributed by atoms with van der Waals surface area (Å²) < 4.78 is 46.5. The molecule has 3 aromatic rings. The molecule has 0 saturated heterocycles. The number of aryl methyl sites for hydroxylation is 1. The van der Waals surface area contributed by atoms with Crippen LogP contribution in [0.1, 0.15) is 26.3 Å². The Labute approximate surface area is 228 Å². The van der Waals surface area contributed by atoms with E-state index in [4.69, 9.17) is 14.2 Å². The van der Waals surface area contributed by atoms with Crippen LogP contribution in [0, 0.1) is 5.82 Å². The SMILES string of the molecule is CCc1cc(Nc2ncc(F)c(Nc3ccc4c(n3)N(COP(=O)([O-])[O-])C(=O)C(C)(C)O4)n2)cc(OC)c1OC. The van der Waals surface area contributed by atoms with Crippen molar-refractivity contribution < 1.29 is 42.3 Å². The van der Waals surface area contributed by atoms with Gasteiger partial charge in [-0.2, -0.15) is 4.98 Å². The first-order chi connectivity index (χ1) is 18.8. The fourth-order valence-corrected chi connectivity index (χ4v) is 4.17. The minimum absolute atomic E-state index is 0.0234. The molecule has 0 saturated carbocycles. The number of rotatable bonds is 10. The number of hydrogen-bond donors (Lipinski definition) is 2. The molecule has 1 aliphatic heterocycles. The molecule has 16 heteroatoms. The van der Waals surface area contributed by atoms with Gasteiger partial charge in [-0.15, -0.1) is 0 Å². The third-order valence-corrected chi connectivity index (χ3v) is 6.18. The Kier molecular flexibility index (Phi) is 8.12. The Bertz CT molecular complexity index is 1460. The molecule has 1 aromatic carbocycles. The van der Waals surface area contributed by atoms with Crippen LogP contribution in [-0.2, 0) is 20.3 Å². The summed E-state index contributed by atoms with van der Waals surface area (Å²) in [5, 5.41) is 5.71. The van der Waals surface area contributed by atoms with E-state index in [0.717, 1.165) is 16.7 Å². The number of nitrogens with zero attached hydrogens (tertiary/aromatic N) is 4. The van der Waals surface area contributed by atoms with Crippen LogP contribution in [0.2, 0.25) is 0 Å². The summed E-state index contributed by atoms with van der Waals surface area (Å²) in [6.07, 6.45) is 1.61. The summed E-state index contributed by atoms with van der Waals surface area (Å²) in [6.45, 7) is 3.95. The number of hydrogen-bond acceptors (Lipinski definition) is 13. The maximum atomic E-state index is 14.7. The standard InChI is InChI=1S/C24H28FN6O8P/c1-6-13-9-14(10-17(36-4)19(13)37-5)27-23-26-11-15(25)20(30-23)28-18-8-7-16-21(29-18)31(12-38-40(33,34)35)22(32)24(2,3)39-16/h7-11H,6,12H2,1-5H3,(H2,33,34,35)(H2,26,27,28,29,30)/p-2. The lowest BCUT2D eigenvalue weighted by atomic mass is 10.1. The number of nitrogens with one attached hydrogen (secondary N) is 2. The molecule has 3 heterocycles. The highest BCUT2D eigenvalue weighted by Crippen LogP contribution is 2.39. The third-order valence-electron chi connectivity index (χ3n) is 5.75. The number of benzene rings is 1. The molecule has 2 N–H and O–H groups in total. The van der Waals surface area contributed by atoms with Crippen LogP contribution in [0.4, 0.5) is 33.5 Å². The fourth-order valence-electron chi connectivity index (χ4n) is 3.91. The van der Waals surface area contributed by atoms with Crippen LogP contribution in [0.5, 0.6) is 17.2 Å². The Morgan fingerprint density at radius 3 is 2.55 bits per heavy atom. The van der Waals surface area contributed by atoms with Gasteiger partial charge in [-0.1, -0.05) is 6.92 Å². The van der Waals surface area contributed by atoms with Crippen LogP contribution in [0.25, 0.3) is 0 Å². The highest BCUT2D eigenvalue weighted by atomic mass is 31.2. The van der Waals surface area contributed by atoms with Gasteiger partial charge in [0, 0.05) is 11.8 Å². The number of aromatic nitrogens is 3. The van der Waals surface area contributed by atoms with Crippen molar-refractivity contribution in [1.29, 1.82) is 0 Å². The molecular weight excluding hydrogens is 550 g/mol. The number of phosphoric acid groups is 1. The summed E-state index contributed by atoms with van der Waals surface area (Å²) in [6, 6.07) is 6.38. The average Bonchev–Trinajstić information content (AvgIpc) is 2.89. The maximum Gasteiger partial charge on any atom is 0.273 e. The van der Waals surface area contributed by atoms with E-state index in [1.54, 1.807) is 13.2 Å². The van der Waals surface area contributed by atoms with Gasteiger partial charge in [-0.05, 0) is 44.0 Å². The number of phosphoric ester groups is 1. The molecule has 214 valence electrons. The largest absolute Gasteiger partial charge is 0.790 e. The van der Waals surface area contributed by atoms with E-state index in [2.05, 4.69) is 30.1 Å². The molecule has 14 nitrogen and oxygen atoms in total. The van der Waals surface area contributed by atoms with Gasteiger partial charge in [-0.25, -0.2) is 14.4 Å². The second kappa shape index (κ2) is 11.2. The molecule has 0 aliphatic carbocycles. The van der Waals surface area contributed by atoms with Crippen molar-refractivity contribution in [3.8, 4) is 17.2 Å².